The summed E-state index contributed by atoms with van der Waals surface area (Å²) in [6, 6.07) is 4.32. The van der Waals surface area contributed by atoms with E-state index in [0.29, 0.717) is 11.1 Å². The van der Waals surface area contributed by atoms with Crippen LogP contribution < -0.4 is 0 Å². The lowest BCUT2D eigenvalue weighted by atomic mass is 10.1. The van der Waals surface area contributed by atoms with Crippen molar-refractivity contribution in [3.63, 3.8) is 0 Å². The Bertz CT molecular complexity index is 592. The van der Waals surface area contributed by atoms with E-state index in [9.17, 15) is 9.18 Å². The van der Waals surface area contributed by atoms with E-state index in [2.05, 4.69) is 10.2 Å². The van der Waals surface area contributed by atoms with Crippen LogP contribution in [0.5, 0.6) is 0 Å². The van der Waals surface area contributed by atoms with Gasteiger partial charge in [0.05, 0.1) is 0 Å². The van der Waals surface area contributed by atoms with Crippen molar-refractivity contribution in [1.29, 1.82) is 0 Å². The summed E-state index contributed by atoms with van der Waals surface area (Å²) < 4.78 is 13.1. The quantitative estimate of drug-likeness (QED) is 0.858. The number of hydrogen-bond donors (Lipinski definition) is 1. The van der Waals surface area contributed by atoms with Crippen molar-refractivity contribution in [2.24, 2.45) is 7.05 Å². The van der Waals surface area contributed by atoms with Gasteiger partial charge >= 0.3 is 5.97 Å². The topological polar surface area (TPSA) is 68.0 Å². The molecular weight excluding hydrogens is 225 g/mol. The molecule has 17 heavy (non-hydrogen) atoms. The molecule has 0 fully saturated rings. The largest absolute Gasteiger partial charge is 0.476 e. The molecule has 0 aliphatic rings. The van der Waals surface area contributed by atoms with E-state index < -0.39 is 5.97 Å². The molecule has 0 bridgehead atoms. The fourth-order valence-electron chi connectivity index (χ4n) is 1.54. The number of hydrogen-bond acceptors (Lipinski definition) is 3. The fourth-order valence-corrected chi connectivity index (χ4v) is 1.54. The van der Waals surface area contributed by atoms with Crippen molar-refractivity contribution < 1.29 is 14.3 Å². The minimum absolute atomic E-state index is 0.140. The lowest BCUT2D eigenvalue weighted by Crippen LogP contribution is -2.00. The number of aromatic carboxylic acids is 1. The zero-order valence-corrected chi connectivity index (χ0v) is 9.31. The van der Waals surface area contributed by atoms with Crippen molar-refractivity contribution >= 4 is 5.97 Å². The number of rotatable bonds is 2. The highest BCUT2D eigenvalue weighted by Gasteiger charge is 2.18. The van der Waals surface area contributed by atoms with Crippen LogP contribution in [-0.4, -0.2) is 26.1 Å². The molecular formula is C11H10FN3O2. The summed E-state index contributed by atoms with van der Waals surface area (Å²) in [6.07, 6.45) is 0. The maximum absolute atomic E-state index is 13.1. The average molecular weight is 235 g/mol. The van der Waals surface area contributed by atoms with Gasteiger partial charge in [-0.05, 0) is 30.7 Å². The van der Waals surface area contributed by atoms with Crippen molar-refractivity contribution in [1.82, 2.24) is 15.0 Å². The number of aromatic nitrogens is 3. The molecule has 0 amide bonds. The van der Waals surface area contributed by atoms with Gasteiger partial charge in [-0.3, -0.25) is 0 Å². The van der Waals surface area contributed by atoms with Crippen LogP contribution in [0.4, 0.5) is 4.39 Å². The number of halogens is 1. The lowest BCUT2D eigenvalue weighted by molar-refractivity contribution is 0.0690. The summed E-state index contributed by atoms with van der Waals surface area (Å²) in [5.74, 6) is -1.50. The van der Waals surface area contributed by atoms with Gasteiger partial charge < -0.3 is 5.11 Å². The highest BCUT2D eigenvalue weighted by Crippen LogP contribution is 2.22. The summed E-state index contributed by atoms with van der Waals surface area (Å²) in [6.45, 7) is 1.61. The Kier molecular flexibility index (Phi) is 2.63. The van der Waals surface area contributed by atoms with Gasteiger partial charge in [0.2, 0.25) is 0 Å². The molecule has 1 heterocycles. The van der Waals surface area contributed by atoms with Crippen LogP contribution in [0.3, 0.4) is 0 Å². The number of carboxylic acids is 1. The van der Waals surface area contributed by atoms with E-state index in [1.165, 1.54) is 24.0 Å². The van der Waals surface area contributed by atoms with Crippen molar-refractivity contribution in [3.05, 3.63) is 35.3 Å². The van der Waals surface area contributed by atoms with E-state index in [1.807, 2.05) is 0 Å². The molecule has 0 radical (unpaired) electrons. The molecule has 0 spiro atoms. The van der Waals surface area contributed by atoms with E-state index in [0.717, 1.165) is 0 Å². The molecule has 0 unspecified atom stereocenters. The average Bonchev–Trinajstić information content (AvgIpc) is 2.64. The molecule has 1 N–H and O–H groups in total. The number of benzene rings is 1. The van der Waals surface area contributed by atoms with Crippen LogP contribution >= 0.6 is 0 Å². The van der Waals surface area contributed by atoms with E-state index >= 15 is 0 Å². The first-order chi connectivity index (χ1) is 7.99. The predicted molar refractivity (Wildman–Crippen MR) is 58.1 cm³/mol. The minimum atomic E-state index is -1.16. The third-order valence-electron chi connectivity index (χ3n) is 2.35. The summed E-state index contributed by atoms with van der Waals surface area (Å²) >= 11 is 0. The summed E-state index contributed by atoms with van der Waals surface area (Å²) in [7, 11) is 1.53. The second kappa shape index (κ2) is 3.97. The summed E-state index contributed by atoms with van der Waals surface area (Å²) in [5.41, 5.74) is 1.07. The molecule has 88 valence electrons. The Balaban J connectivity index is 2.59. The molecule has 0 saturated carbocycles. The molecule has 0 aliphatic heterocycles. The Morgan fingerprint density at radius 1 is 1.41 bits per heavy atom. The van der Waals surface area contributed by atoms with Crippen LogP contribution in [0.15, 0.2) is 18.2 Å². The van der Waals surface area contributed by atoms with Gasteiger partial charge in [0.15, 0.2) is 5.69 Å². The molecule has 5 nitrogen and oxygen atoms in total. The van der Waals surface area contributed by atoms with Gasteiger partial charge in [-0.15, -0.1) is 5.10 Å². The molecule has 0 atom stereocenters. The minimum Gasteiger partial charge on any atom is -0.476 e. The number of aryl methyl sites for hydroxylation is 2. The van der Waals surface area contributed by atoms with Crippen molar-refractivity contribution in [3.8, 4) is 11.3 Å². The second-order valence-electron chi connectivity index (χ2n) is 3.66. The van der Waals surface area contributed by atoms with Crippen molar-refractivity contribution in [2.45, 2.75) is 6.92 Å². The van der Waals surface area contributed by atoms with Gasteiger partial charge in [-0.1, -0.05) is 0 Å². The maximum atomic E-state index is 13.1. The van der Waals surface area contributed by atoms with E-state index in [4.69, 9.17) is 5.11 Å². The molecule has 2 rings (SSSR count). The molecule has 0 aliphatic carbocycles. The fraction of sp³-hybridized carbons (Fsp3) is 0.182. The molecule has 1 aromatic carbocycles. The summed E-state index contributed by atoms with van der Waals surface area (Å²) in [5, 5.41) is 16.7. The van der Waals surface area contributed by atoms with E-state index in [-0.39, 0.29) is 17.2 Å². The summed E-state index contributed by atoms with van der Waals surface area (Å²) in [4.78, 5) is 12.1. The number of nitrogens with zero attached hydrogens (tertiary/aromatic N) is 3. The van der Waals surface area contributed by atoms with Crippen molar-refractivity contribution in [2.75, 3.05) is 0 Å². The highest BCUT2D eigenvalue weighted by molar-refractivity contribution is 5.92. The van der Waals surface area contributed by atoms with Crippen LogP contribution in [0.1, 0.15) is 16.1 Å². The van der Waals surface area contributed by atoms with Crippen LogP contribution in [-0.2, 0) is 7.05 Å². The lowest BCUT2D eigenvalue weighted by Gasteiger charge is -2.00. The third-order valence-corrected chi connectivity index (χ3v) is 2.35. The molecule has 6 heteroatoms. The van der Waals surface area contributed by atoms with Gasteiger partial charge in [-0.25, -0.2) is 9.18 Å². The highest BCUT2D eigenvalue weighted by atomic mass is 19.1. The van der Waals surface area contributed by atoms with Crippen LogP contribution in [0.2, 0.25) is 0 Å². The van der Waals surface area contributed by atoms with Gasteiger partial charge in [0.25, 0.3) is 0 Å². The Labute approximate surface area is 96.5 Å². The Hall–Kier alpha value is -2.24. The number of carbonyl (C=O) groups is 1. The SMILES string of the molecule is Cc1cc(-c2nn(C)nc2C(=O)O)ccc1F. The zero-order valence-electron chi connectivity index (χ0n) is 9.31. The van der Waals surface area contributed by atoms with E-state index in [1.54, 1.807) is 13.0 Å². The van der Waals surface area contributed by atoms with Crippen LogP contribution in [0, 0.1) is 12.7 Å². The zero-order chi connectivity index (χ0) is 12.6. The first-order valence-corrected chi connectivity index (χ1v) is 4.90. The second-order valence-corrected chi connectivity index (χ2v) is 3.66. The Morgan fingerprint density at radius 3 is 2.71 bits per heavy atom. The molecule has 0 saturated heterocycles. The first-order valence-electron chi connectivity index (χ1n) is 4.90. The Morgan fingerprint density at radius 2 is 2.12 bits per heavy atom. The van der Waals surface area contributed by atoms with Gasteiger partial charge in [0.1, 0.15) is 11.5 Å². The van der Waals surface area contributed by atoms with Crippen LogP contribution in [0.25, 0.3) is 11.3 Å². The van der Waals surface area contributed by atoms with Gasteiger partial charge in [-0.2, -0.15) is 9.90 Å². The predicted octanol–water partition coefficient (Wildman–Crippen LogP) is 1.63. The smallest absolute Gasteiger partial charge is 0.358 e. The number of carboxylic acid groups (broad SMARTS) is 1. The molecule has 1 aromatic heterocycles. The molecule has 2 aromatic rings. The third kappa shape index (κ3) is 2.01. The monoisotopic (exact) mass is 235 g/mol. The standard InChI is InChI=1S/C11H10FN3O2/c1-6-5-7(3-4-8(6)12)9-10(11(16)17)14-15(2)13-9/h3-5H,1-2H3,(H,16,17). The van der Waals surface area contributed by atoms with Gasteiger partial charge in [0, 0.05) is 12.6 Å². The normalized spacial score (nSPS) is 10.5. The maximum Gasteiger partial charge on any atom is 0.358 e. The first kappa shape index (κ1) is 11.3.